The number of hydrogen-bond acceptors (Lipinski definition) is 4. The summed E-state index contributed by atoms with van der Waals surface area (Å²) in [6.45, 7) is 3.42. The summed E-state index contributed by atoms with van der Waals surface area (Å²) < 4.78 is 32.1. The zero-order valence-electron chi connectivity index (χ0n) is 15.3. The molecule has 2 aromatic rings. The number of benzene rings is 2. The van der Waals surface area contributed by atoms with Crippen LogP contribution in [0, 0.1) is 5.92 Å². The average Bonchev–Trinajstić information content (AvgIpc) is 2.68. The normalized spacial score (nSPS) is 16.0. The molecule has 0 radical (unpaired) electrons. The second kappa shape index (κ2) is 8.54. The molecule has 1 amide bonds. The third-order valence-corrected chi connectivity index (χ3v) is 6.61. The SMILES string of the molecule is CC1CCN(S(=O)(=O)c2ccc(NC(=O)OCc3ccccc3)cc2)CC1. The van der Waals surface area contributed by atoms with Crippen molar-refractivity contribution in [1.29, 1.82) is 0 Å². The fraction of sp³-hybridized carbons (Fsp3) is 0.350. The number of carbonyl (C=O) groups excluding carboxylic acids is 1. The molecule has 0 atom stereocenters. The second-order valence-electron chi connectivity index (χ2n) is 6.80. The highest BCUT2D eigenvalue weighted by Crippen LogP contribution is 2.24. The van der Waals surface area contributed by atoms with Gasteiger partial charge in [0.05, 0.1) is 4.90 Å². The Morgan fingerprint density at radius 3 is 2.33 bits per heavy atom. The standard InChI is InChI=1S/C20H24N2O4S/c1-16-11-13-22(14-12-16)27(24,25)19-9-7-18(8-10-19)21-20(23)26-15-17-5-3-2-4-6-17/h2-10,16H,11-15H2,1H3,(H,21,23). The molecule has 0 unspecified atom stereocenters. The number of carbonyl (C=O) groups is 1. The minimum absolute atomic E-state index is 0.173. The van der Waals surface area contributed by atoms with Gasteiger partial charge in [0.25, 0.3) is 0 Å². The number of piperidine rings is 1. The molecule has 0 bridgehead atoms. The summed E-state index contributed by atoms with van der Waals surface area (Å²) in [4.78, 5) is 12.1. The fourth-order valence-electron chi connectivity index (χ4n) is 2.96. The largest absolute Gasteiger partial charge is 0.444 e. The number of nitrogens with one attached hydrogen (secondary N) is 1. The topological polar surface area (TPSA) is 75.7 Å². The summed E-state index contributed by atoms with van der Waals surface area (Å²) in [6.07, 6.45) is 1.18. The molecular weight excluding hydrogens is 364 g/mol. The minimum Gasteiger partial charge on any atom is -0.444 e. The summed E-state index contributed by atoms with van der Waals surface area (Å²) >= 11 is 0. The first kappa shape index (κ1) is 19.4. The maximum atomic E-state index is 12.7. The van der Waals surface area contributed by atoms with E-state index in [-0.39, 0.29) is 11.5 Å². The summed E-state index contributed by atoms with van der Waals surface area (Å²) in [7, 11) is -3.49. The molecule has 1 aliphatic heterocycles. The van der Waals surface area contributed by atoms with Gasteiger partial charge in [0.1, 0.15) is 6.61 Å². The van der Waals surface area contributed by atoms with Gasteiger partial charge in [0.2, 0.25) is 10.0 Å². The van der Waals surface area contributed by atoms with E-state index in [4.69, 9.17) is 4.74 Å². The molecule has 1 saturated heterocycles. The van der Waals surface area contributed by atoms with E-state index in [0.717, 1.165) is 18.4 Å². The average molecular weight is 388 g/mol. The first-order chi connectivity index (χ1) is 12.9. The maximum absolute atomic E-state index is 12.7. The minimum atomic E-state index is -3.49. The van der Waals surface area contributed by atoms with Gasteiger partial charge < -0.3 is 4.74 Å². The van der Waals surface area contributed by atoms with Crippen molar-refractivity contribution in [3.05, 3.63) is 60.2 Å². The predicted octanol–water partition coefficient (Wildman–Crippen LogP) is 3.86. The third-order valence-electron chi connectivity index (χ3n) is 4.69. The lowest BCUT2D eigenvalue weighted by Crippen LogP contribution is -2.37. The third kappa shape index (κ3) is 5.08. The first-order valence-electron chi connectivity index (χ1n) is 9.03. The van der Waals surface area contributed by atoms with Gasteiger partial charge in [-0.1, -0.05) is 37.3 Å². The molecule has 1 N–H and O–H groups in total. The smallest absolute Gasteiger partial charge is 0.411 e. The van der Waals surface area contributed by atoms with Gasteiger partial charge in [0.15, 0.2) is 0 Å². The maximum Gasteiger partial charge on any atom is 0.411 e. The van der Waals surface area contributed by atoms with Gasteiger partial charge in [-0.25, -0.2) is 13.2 Å². The van der Waals surface area contributed by atoms with E-state index < -0.39 is 16.1 Å². The molecule has 6 nitrogen and oxygen atoms in total. The molecule has 144 valence electrons. The molecular formula is C20H24N2O4S. The molecule has 2 aromatic carbocycles. The molecule has 7 heteroatoms. The van der Waals surface area contributed by atoms with Crippen LogP contribution in [0.15, 0.2) is 59.5 Å². The Balaban J connectivity index is 1.57. The van der Waals surface area contributed by atoms with E-state index in [1.165, 1.54) is 16.4 Å². The molecule has 0 saturated carbocycles. The molecule has 0 spiro atoms. The second-order valence-corrected chi connectivity index (χ2v) is 8.74. The van der Waals surface area contributed by atoms with Crippen LogP contribution in [0.25, 0.3) is 0 Å². The quantitative estimate of drug-likeness (QED) is 0.844. The molecule has 1 heterocycles. The lowest BCUT2D eigenvalue weighted by Gasteiger charge is -2.29. The predicted molar refractivity (Wildman–Crippen MR) is 104 cm³/mol. The monoisotopic (exact) mass is 388 g/mol. The van der Waals surface area contributed by atoms with Crippen molar-refractivity contribution < 1.29 is 17.9 Å². The Morgan fingerprint density at radius 2 is 1.70 bits per heavy atom. The molecule has 27 heavy (non-hydrogen) atoms. The van der Waals surface area contributed by atoms with Crippen LogP contribution in [-0.4, -0.2) is 31.9 Å². The van der Waals surface area contributed by atoms with E-state index in [1.54, 1.807) is 12.1 Å². The lowest BCUT2D eigenvalue weighted by molar-refractivity contribution is 0.155. The Labute approximate surface area is 160 Å². The van der Waals surface area contributed by atoms with Crippen molar-refractivity contribution in [2.24, 2.45) is 5.92 Å². The van der Waals surface area contributed by atoms with Gasteiger partial charge in [-0.2, -0.15) is 4.31 Å². The highest BCUT2D eigenvalue weighted by atomic mass is 32.2. The van der Waals surface area contributed by atoms with Crippen molar-refractivity contribution in [3.63, 3.8) is 0 Å². The van der Waals surface area contributed by atoms with Crippen LogP contribution < -0.4 is 5.32 Å². The number of anilines is 1. The number of hydrogen-bond donors (Lipinski definition) is 1. The van der Waals surface area contributed by atoms with E-state index in [0.29, 0.717) is 24.7 Å². The molecule has 0 aromatic heterocycles. The first-order valence-corrected chi connectivity index (χ1v) is 10.5. The molecule has 1 fully saturated rings. The van der Waals surface area contributed by atoms with Crippen molar-refractivity contribution in [1.82, 2.24) is 4.31 Å². The number of sulfonamides is 1. The van der Waals surface area contributed by atoms with Crippen molar-refractivity contribution in [2.75, 3.05) is 18.4 Å². The van der Waals surface area contributed by atoms with E-state index in [9.17, 15) is 13.2 Å². The van der Waals surface area contributed by atoms with Crippen LogP contribution in [-0.2, 0) is 21.4 Å². The van der Waals surface area contributed by atoms with Gasteiger partial charge in [-0.3, -0.25) is 5.32 Å². The molecule has 3 rings (SSSR count). The van der Waals surface area contributed by atoms with Gasteiger partial charge >= 0.3 is 6.09 Å². The Bertz CT molecular complexity index is 859. The van der Waals surface area contributed by atoms with E-state index in [1.807, 2.05) is 30.3 Å². The van der Waals surface area contributed by atoms with E-state index in [2.05, 4.69) is 12.2 Å². The van der Waals surface area contributed by atoms with Crippen LogP contribution in [0.4, 0.5) is 10.5 Å². The number of amides is 1. The van der Waals surface area contributed by atoms with Crippen LogP contribution >= 0.6 is 0 Å². The van der Waals surface area contributed by atoms with Gasteiger partial charge in [-0.05, 0) is 48.6 Å². The highest BCUT2D eigenvalue weighted by Gasteiger charge is 2.27. The van der Waals surface area contributed by atoms with Crippen LogP contribution in [0.5, 0.6) is 0 Å². The van der Waals surface area contributed by atoms with Crippen LogP contribution in [0.1, 0.15) is 25.3 Å². The number of ether oxygens (including phenoxy) is 1. The van der Waals surface area contributed by atoms with E-state index >= 15 is 0 Å². The van der Waals surface area contributed by atoms with Crippen LogP contribution in [0.2, 0.25) is 0 Å². The molecule has 1 aliphatic rings. The Morgan fingerprint density at radius 1 is 1.07 bits per heavy atom. The van der Waals surface area contributed by atoms with Crippen LogP contribution in [0.3, 0.4) is 0 Å². The van der Waals surface area contributed by atoms with Gasteiger partial charge in [0, 0.05) is 18.8 Å². The summed E-state index contributed by atoms with van der Waals surface area (Å²) in [5.74, 6) is 0.560. The summed E-state index contributed by atoms with van der Waals surface area (Å²) in [5.41, 5.74) is 1.38. The zero-order chi connectivity index (χ0) is 19.3. The fourth-order valence-corrected chi connectivity index (χ4v) is 4.43. The highest BCUT2D eigenvalue weighted by molar-refractivity contribution is 7.89. The zero-order valence-corrected chi connectivity index (χ0v) is 16.1. The van der Waals surface area contributed by atoms with Crippen molar-refractivity contribution in [3.8, 4) is 0 Å². The molecule has 0 aliphatic carbocycles. The van der Waals surface area contributed by atoms with Gasteiger partial charge in [-0.15, -0.1) is 0 Å². The number of rotatable bonds is 5. The number of nitrogens with zero attached hydrogens (tertiary/aromatic N) is 1. The summed E-state index contributed by atoms with van der Waals surface area (Å²) in [5, 5.41) is 2.61. The summed E-state index contributed by atoms with van der Waals surface area (Å²) in [6, 6.07) is 15.6. The van der Waals surface area contributed by atoms with Crippen molar-refractivity contribution in [2.45, 2.75) is 31.3 Å². The lowest BCUT2D eigenvalue weighted by atomic mass is 10.0. The Hall–Kier alpha value is -2.38. The van der Waals surface area contributed by atoms with Crippen molar-refractivity contribution >= 4 is 21.8 Å². The Kier molecular flexibility index (Phi) is 6.13.